The highest BCUT2D eigenvalue weighted by molar-refractivity contribution is 9.10. The number of halogens is 1. The van der Waals surface area contributed by atoms with Crippen LogP contribution in [-0.2, 0) is 15.1 Å². The molecule has 2 rings (SSSR count). The SMILES string of the molecule is COC1=NC(C)(c2cccc(Br)c2)CN(C)C1=O. The Morgan fingerprint density at radius 1 is 1.50 bits per heavy atom. The minimum Gasteiger partial charge on any atom is -0.477 e. The average Bonchev–Trinajstić information content (AvgIpc) is 2.34. The van der Waals surface area contributed by atoms with Gasteiger partial charge in [-0.15, -0.1) is 0 Å². The molecule has 0 aliphatic carbocycles. The van der Waals surface area contributed by atoms with E-state index in [4.69, 9.17) is 4.74 Å². The zero-order valence-electron chi connectivity index (χ0n) is 10.6. The van der Waals surface area contributed by atoms with Gasteiger partial charge < -0.3 is 9.64 Å². The van der Waals surface area contributed by atoms with Crippen LogP contribution in [0.15, 0.2) is 33.7 Å². The molecule has 0 saturated carbocycles. The van der Waals surface area contributed by atoms with Crippen molar-refractivity contribution < 1.29 is 9.53 Å². The van der Waals surface area contributed by atoms with Crippen molar-refractivity contribution in [1.82, 2.24) is 4.90 Å². The number of hydrogen-bond acceptors (Lipinski definition) is 3. The van der Waals surface area contributed by atoms with Crippen LogP contribution in [0.25, 0.3) is 0 Å². The first-order valence-electron chi connectivity index (χ1n) is 5.61. The van der Waals surface area contributed by atoms with E-state index < -0.39 is 5.54 Å². The number of carbonyl (C=O) groups is 1. The summed E-state index contributed by atoms with van der Waals surface area (Å²) in [5.74, 6) is -0.0174. The second-order valence-corrected chi connectivity index (χ2v) is 5.48. The van der Waals surface area contributed by atoms with Crippen molar-refractivity contribution in [1.29, 1.82) is 0 Å². The number of rotatable bonds is 1. The zero-order valence-corrected chi connectivity index (χ0v) is 12.2. The van der Waals surface area contributed by atoms with Gasteiger partial charge in [0.15, 0.2) is 0 Å². The highest BCUT2D eigenvalue weighted by Crippen LogP contribution is 2.31. The first kappa shape index (κ1) is 13.1. The smallest absolute Gasteiger partial charge is 0.308 e. The van der Waals surface area contributed by atoms with E-state index in [1.165, 1.54) is 7.11 Å². The molecule has 96 valence electrons. The van der Waals surface area contributed by atoms with Gasteiger partial charge in [-0.25, -0.2) is 4.99 Å². The number of aliphatic imine (C=N–C) groups is 1. The van der Waals surface area contributed by atoms with Crippen LogP contribution in [0.4, 0.5) is 0 Å². The Labute approximate surface area is 115 Å². The number of hydrogen-bond donors (Lipinski definition) is 0. The summed E-state index contributed by atoms with van der Waals surface area (Å²) in [6.45, 7) is 2.53. The maximum atomic E-state index is 11.8. The van der Waals surface area contributed by atoms with Crippen molar-refractivity contribution in [2.75, 3.05) is 20.7 Å². The number of amides is 1. The molecule has 1 aliphatic heterocycles. The normalized spacial score (nSPS) is 23.9. The van der Waals surface area contributed by atoms with E-state index in [0.717, 1.165) is 10.0 Å². The van der Waals surface area contributed by atoms with Crippen LogP contribution >= 0.6 is 15.9 Å². The highest BCUT2D eigenvalue weighted by Gasteiger charge is 2.37. The minimum atomic E-state index is -0.474. The fourth-order valence-electron chi connectivity index (χ4n) is 2.12. The molecule has 0 aromatic heterocycles. The molecule has 4 nitrogen and oxygen atoms in total. The number of ether oxygens (including phenoxy) is 1. The van der Waals surface area contributed by atoms with Gasteiger partial charge in [0, 0.05) is 11.5 Å². The van der Waals surface area contributed by atoms with E-state index in [1.54, 1.807) is 11.9 Å². The van der Waals surface area contributed by atoms with Crippen LogP contribution < -0.4 is 0 Å². The summed E-state index contributed by atoms with van der Waals surface area (Å²) in [7, 11) is 3.23. The monoisotopic (exact) mass is 310 g/mol. The van der Waals surface area contributed by atoms with Gasteiger partial charge in [0.1, 0.15) is 5.54 Å². The quantitative estimate of drug-likeness (QED) is 0.798. The molecule has 0 saturated heterocycles. The largest absolute Gasteiger partial charge is 0.477 e. The number of benzene rings is 1. The van der Waals surface area contributed by atoms with Gasteiger partial charge in [-0.2, -0.15) is 0 Å². The van der Waals surface area contributed by atoms with E-state index in [-0.39, 0.29) is 11.8 Å². The molecule has 1 amide bonds. The Balaban J connectivity index is 2.48. The van der Waals surface area contributed by atoms with Crippen molar-refractivity contribution in [2.45, 2.75) is 12.5 Å². The zero-order chi connectivity index (χ0) is 13.3. The van der Waals surface area contributed by atoms with Gasteiger partial charge in [0.05, 0.1) is 13.7 Å². The molecular weight excluding hydrogens is 296 g/mol. The lowest BCUT2D eigenvalue weighted by atomic mass is 9.91. The van der Waals surface area contributed by atoms with E-state index in [1.807, 2.05) is 31.2 Å². The molecule has 18 heavy (non-hydrogen) atoms. The first-order valence-corrected chi connectivity index (χ1v) is 6.41. The number of likely N-dealkylation sites (N-methyl/N-ethyl adjacent to an activating group) is 1. The van der Waals surface area contributed by atoms with E-state index in [0.29, 0.717) is 6.54 Å². The van der Waals surface area contributed by atoms with Gasteiger partial charge in [0.25, 0.3) is 5.90 Å². The van der Waals surface area contributed by atoms with Gasteiger partial charge >= 0.3 is 5.91 Å². The van der Waals surface area contributed by atoms with Crippen LogP contribution in [0, 0.1) is 0 Å². The predicted octanol–water partition coefficient (Wildman–Crippen LogP) is 2.18. The summed E-state index contributed by atoms with van der Waals surface area (Å²) >= 11 is 3.45. The van der Waals surface area contributed by atoms with Gasteiger partial charge in [0.2, 0.25) is 0 Å². The molecule has 1 unspecified atom stereocenters. The molecule has 1 aromatic carbocycles. The maximum absolute atomic E-state index is 11.8. The minimum absolute atomic E-state index is 0.159. The molecule has 0 radical (unpaired) electrons. The summed E-state index contributed by atoms with van der Waals surface area (Å²) in [6, 6.07) is 7.94. The predicted molar refractivity (Wildman–Crippen MR) is 73.6 cm³/mol. The Morgan fingerprint density at radius 2 is 2.22 bits per heavy atom. The van der Waals surface area contributed by atoms with Crippen molar-refractivity contribution >= 4 is 27.7 Å². The molecule has 0 fully saturated rings. The van der Waals surface area contributed by atoms with Crippen LogP contribution in [0.1, 0.15) is 12.5 Å². The molecule has 5 heteroatoms. The average molecular weight is 311 g/mol. The summed E-state index contributed by atoms with van der Waals surface area (Å²) < 4.78 is 6.06. The van der Waals surface area contributed by atoms with E-state index in [9.17, 15) is 4.79 Å². The third-order valence-electron chi connectivity index (χ3n) is 3.06. The fraction of sp³-hybridized carbons (Fsp3) is 0.385. The van der Waals surface area contributed by atoms with Crippen molar-refractivity contribution in [3.8, 4) is 0 Å². The van der Waals surface area contributed by atoms with Gasteiger partial charge in [-0.1, -0.05) is 28.1 Å². The maximum Gasteiger partial charge on any atom is 0.308 e. The molecule has 0 spiro atoms. The second-order valence-electron chi connectivity index (χ2n) is 4.57. The summed E-state index contributed by atoms with van der Waals surface area (Å²) in [4.78, 5) is 17.9. The van der Waals surface area contributed by atoms with Crippen LogP contribution in [-0.4, -0.2) is 37.4 Å². The van der Waals surface area contributed by atoms with Gasteiger partial charge in [-0.05, 0) is 24.6 Å². The Morgan fingerprint density at radius 3 is 2.83 bits per heavy atom. The summed E-state index contributed by atoms with van der Waals surface area (Å²) in [5, 5.41) is 0. The standard InChI is InChI=1S/C13H15BrN2O2/c1-13(9-5-4-6-10(14)7-9)8-16(2)12(17)11(15-13)18-3/h4-7H,8H2,1-3H3. The van der Waals surface area contributed by atoms with Crippen LogP contribution in [0.5, 0.6) is 0 Å². The van der Waals surface area contributed by atoms with Crippen molar-refractivity contribution in [2.24, 2.45) is 4.99 Å². The Kier molecular flexibility index (Phi) is 3.43. The first-order chi connectivity index (χ1) is 8.46. The topological polar surface area (TPSA) is 41.9 Å². The summed E-state index contributed by atoms with van der Waals surface area (Å²) in [5.41, 5.74) is 0.573. The molecule has 1 aliphatic rings. The number of carbonyl (C=O) groups excluding carboxylic acids is 1. The molecule has 0 bridgehead atoms. The molecule has 1 aromatic rings. The van der Waals surface area contributed by atoms with Gasteiger partial charge in [-0.3, -0.25) is 4.79 Å². The Bertz CT molecular complexity index is 515. The lowest BCUT2D eigenvalue weighted by Crippen LogP contribution is -2.48. The summed E-state index contributed by atoms with van der Waals surface area (Å²) in [6.07, 6.45) is 0. The van der Waals surface area contributed by atoms with Crippen LogP contribution in [0.3, 0.4) is 0 Å². The molecular formula is C13H15BrN2O2. The lowest BCUT2D eigenvalue weighted by molar-refractivity contribution is -0.126. The number of nitrogens with zero attached hydrogens (tertiary/aromatic N) is 2. The lowest BCUT2D eigenvalue weighted by Gasteiger charge is -2.35. The van der Waals surface area contributed by atoms with Crippen LogP contribution in [0.2, 0.25) is 0 Å². The third kappa shape index (κ3) is 2.27. The number of methoxy groups -OCH3 is 1. The van der Waals surface area contributed by atoms with E-state index >= 15 is 0 Å². The molecule has 0 N–H and O–H groups in total. The highest BCUT2D eigenvalue weighted by atomic mass is 79.9. The van der Waals surface area contributed by atoms with Crippen molar-refractivity contribution in [3.05, 3.63) is 34.3 Å². The Hall–Kier alpha value is -1.36. The third-order valence-corrected chi connectivity index (χ3v) is 3.56. The van der Waals surface area contributed by atoms with E-state index in [2.05, 4.69) is 20.9 Å². The fourth-order valence-corrected chi connectivity index (χ4v) is 2.52. The molecule has 1 heterocycles. The second kappa shape index (κ2) is 4.72. The molecule has 1 atom stereocenters. The van der Waals surface area contributed by atoms with Crippen molar-refractivity contribution in [3.63, 3.8) is 0 Å².